The molecule has 23 heavy (non-hydrogen) atoms. The number of carbonyl (C=O) groups excluding carboxylic acids is 1. The number of unbranched alkanes of at least 4 members (excludes halogenated alkanes) is 7. The molecular formula is C20H34O3. The van der Waals surface area contributed by atoms with Gasteiger partial charge in [-0.2, -0.15) is 0 Å². The van der Waals surface area contributed by atoms with Crippen LogP contribution in [-0.4, -0.2) is 16.9 Å². The van der Waals surface area contributed by atoms with E-state index in [1.807, 2.05) is 0 Å². The molecule has 3 heteroatoms. The number of ketones is 1. The molecule has 0 saturated heterocycles. The van der Waals surface area contributed by atoms with E-state index in [0.29, 0.717) is 11.7 Å². The van der Waals surface area contributed by atoms with Crippen LogP contribution in [0.4, 0.5) is 0 Å². The van der Waals surface area contributed by atoms with Crippen LogP contribution in [0.2, 0.25) is 0 Å². The summed E-state index contributed by atoms with van der Waals surface area (Å²) < 4.78 is 0. The Kier molecular flexibility index (Phi) is 10.7. The Hall–Kier alpha value is -1.12. The number of Topliss-reactive ketones (excluding diaryl/α,β-unsaturated/α-hetero) is 1. The van der Waals surface area contributed by atoms with E-state index in [-0.39, 0.29) is 12.3 Å². The zero-order valence-electron chi connectivity index (χ0n) is 14.8. The van der Waals surface area contributed by atoms with Crippen LogP contribution in [0.5, 0.6) is 0 Å². The van der Waals surface area contributed by atoms with Gasteiger partial charge in [-0.15, -0.1) is 0 Å². The van der Waals surface area contributed by atoms with E-state index in [0.717, 1.165) is 51.4 Å². The van der Waals surface area contributed by atoms with Gasteiger partial charge in [-0.3, -0.25) is 9.59 Å². The molecule has 1 aliphatic rings. The van der Waals surface area contributed by atoms with Gasteiger partial charge in [0.15, 0.2) is 0 Å². The van der Waals surface area contributed by atoms with E-state index in [1.165, 1.54) is 25.7 Å². The van der Waals surface area contributed by atoms with Crippen molar-refractivity contribution in [1.29, 1.82) is 0 Å². The topological polar surface area (TPSA) is 54.4 Å². The maximum Gasteiger partial charge on any atom is 0.303 e. The van der Waals surface area contributed by atoms with Crippen molar-refractivity contribution in [3.63, 3.8) is 0 Å². The van der Waals surface area contributed by atoms with E-state index in [9.17, 15) is 9.59 Å². The van der Waals surface area contributed by atoms with Gasteiger partial charge >= 0.3 is 5.97 Å². The third kappa shape index (κ3) is 8.92. The molecule has 0 amide bonds. The number of carboxylic acids is 1. The van der Waals surface area contributed by atoms with E-state index < -0.39 is 5.97 Å². The normalized spacial score (nSPS) is 21.3. The highest BCUT2D eigenvalue weighted by molar-refractivity contribution is 5.83. The summed E-state index contributed by atoms with van der Waals surface area (Å²) in [6, 6.07) is 0. The zero-order chi connectivity index (χ0) is 16.9. The van der Waals surface area contributed by atoms with Gasteiger partial charge in [0, 0.05) is 18.8 Å². The fourth-order valence-electron chi connectivity index (χ4n) is 3.49. The summed E-state index contributed by atoms with van der Waals surface area (Å²) >= 11 is 0. The lowest BCUT2D eigenvalue weighted by Gasteiger charge is -2.14. The van der Waals surface area contributed by atoms with Gasteiger partial charge in [-0.1, -0.05) is 57.6 Å². The third-order valence-electron chi connectivity index (χ3n) is 4.92. The minimum Gasteiger partial charge on any atom is -0.481 e. The lowest BCUT2D eigenvalue weighted by molar-refractivity contribution is -0.137. The maximum atomic E-state index is 12.1. The highest BCUT2D eigenvalue weighted by Crippen LogP contribution is 2.34. The number of aliphatic carboxylic acids is 1. The summed E-state index contributed by atoms with van der Waals surface area (Å²) in [5, 5.41) is 8.61. The fourth-order valence-corrected chi connectivity index (χ4v) is 3.49. The Bertz CT molecular complexity index is 373. The van der Waals surface area contributed by atoms with Crippen LogP contribution in [-0.2, 0) is 9.59 Å². The average Bonchev–Trinajstić information content (AvgIpc) is 2.86. The van der Waals surface area contributed by atoms with Crippen LogP contribution < -0.4 is 0 Å². The first-order valence-electron chi connectivity index (χ1n) is 9.56. The second-order valence-corrected chi connectivity index (χ2v) is 6.90. The van der Waals surface area contributed by atoms with Gasteiger partial charge in [-0.25, -0.2) is 0 Å². The van der Waals surface area contributed by atoms with Gasteiger partial charge in [0.25, 0.3) is 0 Å². The molecule has 1 aliphatic carbocycles. The summed E-state index contributed by atoms with van der Waals surface area (Å²) in [5.41, 5.74) is 0. The zero-order valence-corrected chi connectivity index (χ0v) is 14.8. The first-order valence-corrected chi connectivity index (χ1v) is 9.56. The minimum atomic E-state index is -0.708. The summed E-state index contributed by atoms with van der Waals surface area (Å²) in [4.78, 5) is 22.5. The molecule has 0 heterocycles. The van der Waals surface area contributed by atoms with Crippen molar-refractivity contribution in [3.8, 4) is 0 Å². The molecule has 0 unspecified atom stereocenters. The molecule has 0 spiro atoms. The van der Waals surface area contributed by atoms with Crippen molar-refractivity contribution >= 4 is 11.8 Å². The second kappa shape index (κ2) is 12.3. The first kappa shape index (κ1) is 19.9. The Labute approximate surface area is 141 Å². The largest absolute Gasteiger partial charge is 0.481 e. The van der Waals surface area contributed by atoms with Gasteiger partial charge in [-0.05, 0) is 38.0 Å². The Morgan fingerprint density at radius 1 is 1.13 bits per heavy atom. The molecule has 1 fully saturated rings. The van der Waals surface area contributed by atoms with Crippen LogP contribution >= 0.6 is 0 Å². The quantitative estimate of drug-likeness (QED) is 0.358. The van der Waals surface area contributed by atoms with E-state index in [1.54, 1.807) is 0 Å². The van der Waals surface area contributed by atoms with Crippen molar-refractivity contribution in [1.82, 2.24) is 0 Å². The molecule has 132 valence electrons. The summed E-state index contributed by atoms with van der Waals surface area (Å²) in [6.45, 7) is 2.23. The van der Waals surface area contributed by atoms with Crippen molar-refractivity contribution < 1.29 is 14.7 Å². The Morgan fingerprint density at radius 3 is 2.61 bits per heavy atom. The molecule has 0 radical (unpaired) electrons. The molecule has 0 bridgehead atoms. The fraction of sp³-hybridized carbons (Fsp3) is 0.800. The molecule has 0 aromatic carbocycles. The third-order valence-corrected chi connectivity index (χ3v) is 4.92. The van der Waals surface area contributed by atoms with Crippen molar-refractivity contribution in [2.45, 2.75) is 90.4 Å². The highest BCUT2D eigenvalue weighted by atomic mass is 16.4. The molecule has 1 saturated carbocycles. The number of carboxylic acid groups (broad SMARTS) is 1. The number of rotatable bonds is 13. The smallest absolute Gasteiger partial charge is 0.303 e. The predicted molar refractivity (Wildman–Crippen MR) is 94.5 cm³/mol. The minimum absolute atomic E-state index is 0.223. The van der Waals surface area contributed by atoms with Crippen molar-refractivity contribution in [3.05, 3.63) is 12.2 Å². The van der Waals surface area contributed by atoms with Gasteiger partial charge in [0.05, 0.1) is 0 Å². The van der Waals surface area contributed by atoms with Crippen LogP contribution in [0.25, 0.3) is 0 Å². The summed E-state index contributed by atoms with van der Waals surface area (Å²) in [6.07, 6.45) is 17.7. The van der Waals surface area contributed by atoms with Crippen LogP contribution in [0.3, 0.4) is 0 Å². The molecule has 0 aromatic rings. The van der Waals surface area contributed by atoms with Crippen LogP contribution in [0.1, 0.15) is 90.4 Å². The van der Waals surface area contributed by atoms with Gasteiger partial charge in [0.2, 0.25) is 0 Å². The average molecular weight is 322 g/mol. The molecule has 1 rings (SSSR count). The standard InChI is InChI=1S/C20H34O3/c1-2-3-4-5-6-9-12-17-15-16-19(21)18(17)13-10-7-8-11-14-20(22)23/h9,12,17-18H,2-8,10-11,13-16H2,1H3,(H,22,23)/b12-9+/t17-,18-/m0/s1. The van der Waals surface area contributed by atoms with Crippen LogP contribution in [0.15, 0.2) is 12.2 Å². The summed E-state index contributed by atoms with van der Waals surface area (Å²) in [7, 11) is 0. The Morgan fingerprint density at radius 2 is 1.87 bits per heavy atom. The highest BCUT2D eigenvalue weighted by Gasteiger charge is 2.31. The molecular weight excluding hydrogens is 288 g/mol. The van der Waals surface area contributed by atoms with E-state index in [4.69, 9.17) is 5.11 Å². The molecule has 0 aliphatic heterocycles. The first-order chi connectivity index (χ1) is 11.1. The van der Waals surface area contributed by atoms with Crippen LogP contribution in [0, 0.1) is 11.8 Å². The van der Waals surface area contributed by atoms with Gasteiger partial charge in [0.1, 0.15) is 5.78 Å². The SMILES string of the molecule is CCCCCC/C=C/[C@H]1CCC(=O)[C@H]1CCCCCCC(=O)O. The van der Waals surface area contributed by atoms with E-state index >= 15 is 0 Å². The summed E-state index contributed by atoms with van der Waals surface area (Å²) in [5.74, 6) is 0.408. The lowest BCUT2D eigenvalue weighted by Crippen LogP contribution is -2.13. The molecule has 3 nitrogen and oxygen atoms in total. The van der Waals surface area contributed by atoms with Gasteiger partial charge < -0.3 is 5.11 Å². The number of allylic oxidation sites excluding steroid dienone is 2. The monoisotopic (exact) mass is 322 g/mol. The molecule has 2 atom stereocenters. The van der Waals surface area contributed by atoms with Crippen molar-refractivity contribution in [2.75, 3.05) is 0 Å². The number of carbonyl (C=O) groups is 2. The lowest BCUT2D eigenvalue weighted by atomic mass is 9.89. The predicted octanol–water partition coefficient (Wildman–Crippen LogP) is 5.53. The molecule has 0 aromatic heterocycles. The molecule has 1 N–H and O–H groups in total. The number of hydrogen-bond donors (Lipinski definition) is 1. The second-order valence-electron chi connectivity index (χ2n) is 6.90. The Balaban J connectivity index is 2.19. The number of hydrogen-bond acceptors (Lipinski definition) is 2. The van der Waals surface area contributed by atoms with E-state index in [2.05, 4.69) is 19.1 Å². The van der Waals surface area contributed by atoms with Crippen molar-refractivity contribution in [2.24, 2.45) is 11.8 Å². The maximum absolute atomic E-state index is 12.1.